The van der Waals surface area contributed by atoms with Gasteiger partial charge < -0.3 is 19.8 Å². The SMILES string of the molecule is COCCOC(=O)c1c(C)[nH]c(C(=O)Nc2ccnn2C2CCCC2)c1C. The number of nitrogens with one attached hydrogen (secondary N) is 2. The van der Waals surface area contributed by atoms with Gasteiger partial charge in [-0.3, -0.25) is 4.79 Å². The largest absolute Gasteiger partial charge is 0.460 e. The quantitative estimate of drug-likeness (QED) is 0.573. The van der Waals surface area contributed by atoms with E-state index >= 15 is 0 Å². The van der Waals surface area contributed by atoms with Crippen molar-refractivity contribution in [3.8, 4) is 0 Å². The summed E-state index contributed by atoms with van der Waals surface area (Å²) in [4.78, 5) is 28.1. The fourth-order valence-corrected chi connectivity index (χ4v) is 3.61. The summed E-state index contributed by atoms with van der Waals surface area (Å²) in [5, 5.41) is 7.28. The van der Waals surface area contributed by atoms with E-state index in [1.165, 1.54) is 12.8 Å². The number of H-pyrrole nitrogens is 1. The lowest BCUT2D eigenvalue weighted by molar-refractivity contribution is 0.0387. The minimum absolute atomic E-state index is 0.168. The molecule has 0 radical (unpaired) electrons. The van der Waals surface area contributed by atoms with Crippen molar-refractivity contribution >= 4 is 17.7 Å². The molecule has 1 aliphatic carbocycles. The maximum absolute atomic E-state index is 12.8. The number of carbonyl (C=O) groups excluding carboxylic acids is 2. The van der Waals surface area contributed by atoms with E-state index in [4.69, 9.17) is 9.47 Å². The first-order chi connectivity index (χ1) is 13.0. The number of esters is 1. The van der Waals surface area contributed by atoms with E-state index in [9.17, 15) is 9.59 Å². The maximum atomic E-state index is 12.8. The summed E-state index contributed by atoms with van der Waals surface area (Å²) in [5.74, 6) is -0.0950. The molecule has 0 aliphatic heterocycles. The van der Waals surface area contributed by atoms with Gasteiger partial charge in [-0.1, -0.05) is 12.8 Å². The fourth-order valence-electron chi connectivity index (χ4n) is 3.61. The zero-order chi connectivity index (χ0) is 19.4. The summed E-state index contributed by atoms with van der Waals surface area (Å²) in [6.07, 6.45) is 6.20. The molecule has 1 amide bonds. The summed E-state index contributed by atoms with van der Waals surface area (Å²) >= 11 is 0. The van der Waals surface area contributed by atoms with E-state index in [2.05, 4.69) is 15.4 Å². The van der Waals surface area contributed by atoms with Crippen LogP contribution in [0.25, 0.3) is 0 Å². The van der Waals surface area contributed by atoms with E-state index in [0.29, 0.717) is 41.0 Å². The van der Waals surface area contributed by atoms with Crippen molar-refractivity contribution in [2.45, 2.75) is 45.6 Å². The normalized spacial score (nSPS) is 14.5. The summed E-state index contributed by atoms with van der Waals surface area (Å²) < 4.78 is 12.0. The average molecular weight is 374 g/mol. The summed E-state index contributed by atoms with van der Waals surface area (Å²) in [6, 6.07) is 2.12. The van der Waals surface area contributed by atoms with Crippen LogP contribution in [0.3, 0.4) is 0 Å². The van der Waals surface area contributed by atoms with E-state index in [1.54, 1.807) is 33.2 Å². The molecule has 8 nitrogen and oxygen atoms in total. The molecule has 1 fully saturated rings. The van der Waals surface area contributed by atoms with Gasteiger partial charge in [0.05, 0.1) is 24.4 Å². The second-order valence-electron chi connectivity index (χ2n) is 6.81. The highest BCUT2D eigenvalue weighted by Crippen LogP contribution is 2.31. The molecule has 1 saturated carbocycles. The fraction of sp³-hybridized carbons (Fsp3) is 0.526. The number of rotatable bonds is 7. The van der Waals surface area contributed by atoms with Crippen LogP contribution >= 0.6 is 0 Å². The highest BCUT2D eigenvalue weighted by molar-refractivity contribution is 6.06. The number of methoxy groups -OCH3 is 1. The number of anilines is 1. The standard InChI is InChI=1S/C19H26N4O4/c1-12-16(19(25)27-11-10-26-3)13(2)21-17(12)18(24)22-15-8-9-20-23(15)14-6-4-5-7-14/h8-9,14,21H,4-7,10-11H2,1-3H3,(H,22,24). The number of aryl methyl sites for hydroxylation is 1. The molecule has 0 unspecified atom stereocenters. The van der Waals surface area contributed by atoms with Crippen LogP contribution < -0.4 is 5.32 Å². The molecule has 2 N–H and O–H groups in total. The molecule has 3 rings (SSSR count). The third-order valence-electron chi connectivity index (χ3n) is 4.97. The van der Waals surface area contributed by atoms with Crippen LogP contribution in [-0.2, 0) is 9.47 Å². The molecule has 2 heterocycles. The highest BCUT2D eigenvalue weighted by Gasteiger charge is 2.25. The summed E-state index contributed by atoms with van der Waals surface area (Å²) in [6.45, 7) is 3.98. The van der Waals surface area contributed by atoms with Crippen LogP contribution in [0.1, 0.15) is 63.8 Å². The van der Waals surface area contributed by atoms with Crippen LogP contribution in [-0.4, -0.2) is 47.0 Å². The van der Waals surface area contributed by atoms with Crippen molar-refractivity contribution in [3.63, 3.8) is 0 Å². The van der Waals surface area contributed by atoms with E-state index < -0.39 is 5.97 Å². The number of aromatic amines is 1. The number of ether oxygens (including phenoxy) is 2. The molecule has 0 aromatic carbocycles. The molecule has 0 atom stereocenters. The molecule has 0 spiro atoms. The molecular formula is C19H26N4O4. The Morgan fingerprint density at radius 1 is 1.30 bits per heavy atom. The number of hydrogen-bond donors (Lipinski definition) is 2. The van der Waals surface area contributed by atoms with Crippen LogP contribution in [0.15, 0.2) is 12.3 Å². The Morgan fingerprint density at radius 3 is 2.74 bits per heavy atom. The van der Waals surface area contributed by atoms with Gasteiger partial charge in [0, 0.05) is 18.9 Å². The number of carbonyl (C=O) groups is 2. The molecule has 0 bridgehead atoms. The van der Waals surface area contributed by atoms with Gasteiger partial charge >= 0.3 is 5.97 Å². The van der Waals surface area contributed by atoms with Crippen LogP contribution in [0.2, 0.25) is 0 Å². The minimum Gasteiger partial charge on any atom is -0.460 e. The molecule has 146 valence electrons. The maximum Gasteiger partial charge on any atom is 0.340 e. The Hall–Kier alpha value is -2.61. The van der Waals surface area contributed by atoms with Crippen molar-refractivity contribution < 1.29 is 19.1 Å². The number of aromatic nitrogens is 3. The molecule has 27 heavy (non-hydrogen) atoms. The molecule has 0 saturated heterocycles. The first-order valence-corrected chi connectivity index (χ1v) is 9.23. The molecule has 2 aromatic heterocycles. The van der Waals surface area contributed by atoms with Gasteiger partial charge in [-0.15, -0.1) is 0 Å². The van der Waals surface area contributed by atoms with Crippen LogP contribution in [0.4, 0.5) is 5.82 Å². The van der Waals surface area contributed by atoms with E-state index in [1.807, 2.05) is 4.68 Å². The zero-order valence-corrected chi connectivity index (χ0v) is 16.0. The Morgan fingerprint density at radius 2 is 2.04 bits per heavy atom. The highest BCUT2D eigenvalue weighted by atomic mass is 16.6. The lowest BCUT2D eigenvalue weighted by Gasteiger charge is -2.14. The van der Waals surface area contributed by atoms with Gasteiger partial charge in [0.25, 0.3) is 5.91 Å². The first-order valence-electron chi connectivity index (χ1n) is 9.23. The number of hydrogen-bond acceptors (Lipinski definition) is 5. The molecular weight excluding hydrogens is 348 g/mol. The smallest absolute Gasteiger partial charge is 0.340 e. The van der Waals surface area contributed by atoms with Gasteiger partial charge in [-0.25, -0.2) is 9.48 Å². The van der Waals surface area contributed by atoms with Gasteiger partial charge in [0.15, 0.2) is 0 Å². The van der Waals surface area contributed by atoms with Crippen molar-refractivity contribution in [2.75, 3.05) is 25.6 Å². The minimum atomic E-state index is -0.464. The van der Waals surface area contributed by atoms with Crippen molar-refractivity contribution in [2.24, 2.45) is 0 Å². The van der Waals surface area contributed by atoms with Gasteiger partial charge in [-0.2, -0.15) is 5.10 Å². The second kappa shape index (κ2) is 8.39. The summed E-state index contributed by atoms with van der Waals surface area (Å²) in [7, 11) is 1.54. The number of amides is 1. The van der Waals surface area contributed by atoms with E-state index in [-0.39, 0.29) is 12.5 Å². The predicted octanol–water partition coefficient (Wildman–Crippen LogP) is 3.00. The zero-order valence-electron chi connectivity index (χ0n) is 16.0. The Balaban J connectivity index is 1.75. The van der Waals surface area contributed by atoms with Crippen molar-refractivity contribution in [3.05, 3.63) is 34.8 Å². The van der Waals surface area contributed by atoms with Gasteiger partial charge in [0.1, 0.15) is 18.1 Å². The lowest BCUT2D eigenvalue weighted by atomic mass is 10.1. The predicted molar refractivity (Wildman–Crippen MR) is 100 cm³/mol. The average Bonchev–Trinajstić information content (AvgIpc) is 3.35. The van der Waals surface area contributed by atoms with Gasteiger partial charge in [-0.05, 0) is 32.3 Å². The third-order valence-corrected chi connectivity index (χ3v) is 4.97. The second-order valence-corrected chi connectivity index (χ2v) is 6.81. The monoisotopic (exact) mass is 374 g/mol. The first kappa shape index (κ1) is 19.2. The topological polar surface area (TPSA) is 98.2 Å². The lowest BCUT2D eigenvalue weighted by Crippen LogP contribution is -2.19. The van der Waals surface area contributed by atoms with Crippen molar-refractivity contribution in [1.82, 2.24) is 14.8 Å². The Kier molecular flexibility index (Phi) is 5.95. The van der Waals surface area contributed by atoms with Crippen molar-refractivity contribution in [1.29, 1.82) is 0 Å². The van der Waals surface area contributed by atoms with E-state index in [0.717, 1.165) is 12.8 Å². The summed E-state index contributed by atoms with van der Waals surface area (Å²) in [5.41, 5.74) is 1.91. The molecule has 2 aromatic rings. The Labute approximate surface area is 158 Å². The van der Waals surface area contributed by atoms with Crippen LogP contribution in [0, 0.1) is 13.8 Å². The Bertz CT molecular complexity index is 818. The molecule has 1 aliphatic rings. The van der Waals surface area contributed by atoms with Gasteiger partial charge in [0.2, 0.25) is 0 Å². The third kappa shape index (κ3) is 4.05. The molecule has 8 heteroatoms. The van der Waals surface area contributed by atoms with Crippen LogP contribution in [0.5, 0.6) is 0 Å². The number of nitrogens with zero attached hydrogens (tertiary/aromatic N) is 2.